The summed E-state index contributed by atoms with van der Waals surface area (Å²) >= 11 is 3.16. The van der Waals surface area contributed by atoms with E-state index in [-0.39, 0.29) is 17.0 Å². The molecule has 134 valence electrons. The summed E-state index contributed by atoms with van der Waals surface area (Å²) in [4.78, 5) is 23.7. The van der Waals surface area contributed by atoms with E-state index in [2.05, 4.69) is 15.3 Å². The van der Waals surface area contributed by atoms with E-state index in [1.54, 1.807) is 36.7 Å². The molecule has 0 radical (unpaired) electrons. The van der Waals surface area contributed by atoms with Crippen LogP contribution in [0.25, 0.3) is 10.2 Å². The van der Waals surface area contributed by atoms with Gasteiger partial charge in [-0.2, -0.15) is 0 Å². The fourth-order valence-corrected chi connectivity index (χ4v) is 5.36. The Labute approximate surface area is 159 Å². The van der Waals surface area contributed by atoms with Gasteiger partial charge in [0, 0.05) is 16.0 Å². The van der Waals surface area contributed by atoms with Gasteiger partial charge in [-0.1, -0.05) is 17.8 Å². The third-order valence-electron chi connectivity index (χ3n) is 4.56. The van der Waals surface area contributed by atoms with E-state index in [0.717, 1.165) is 28.1 Å². The summed E-state index contributed by atoms with van der Waals surface area (Å²) in [6.45, 7) is 3.53. The lowest BCUT2D eigenvalue weighted by Gasteiger charge is -2.13. The van der Waals surface area contributed by atoms with Gasteiger partial charge in [0.1, 0.15) is 22.0 Å². The maximum atomic E-state index is 13.7. The molecule has 0 unspecified atom stereocenters. The van der Waals surface area contributed by atoms with E-state index in [4.69, 9.17) is 0 Å². The predicted molar refractivity (Wildman–Crippen MR) is 105 cm³/mol. The van der Waals surface area contributed by atoms with Gasteiger partial charge in [-0.15, -0.1) is 11.3 Å². The van der Waals surface area contributed by atoms with E-state index in [0.29, 0.717) is 11.3 Å². The molecule has 2 aromatic heterocycles. The first kappa shape index (κ1) is 17.4. The van der Waals surface area contributed by atoms with Crippen LogP contribution < -0.4 is 5.32 Å². The number of thiophene rings is 1. The van der Waals surface area contributed by atoms with E-state index < -0.39 is 0 Å². The minimum Gasteiger partial charge on any atom is -0.325 e. The number of carbonyl (C=O) groups excluding carboxylic acids is 1. The van der Waals surface area contributed by atoms with Crippen molar-refractivity contribution in [2.24, 2.45) is 0 Å². The lowest BCUT2D eigenvalue weighted by Crippen LogP contribution is -2.22. The van der Waals surface area contributed by atoms with Crippen molar-refractivity contribution >= 4 is 44.9 Å². The quantitative estimate of drug-likeness (QED) is 0.519. The van der Waals surface area contributed by atoms with Crippen molar-refractivity contribution in [3.63, 3.8) is 0 Å². The summed E-state index contributed by atoms with van der Waals surface area (Å²) in [5.74, 6) is -0.494. The minimum atomic E-state index is -0.352. The van der Waals surface area contributed by atoms with Crippen LogP contribution in [0.1, 0.15) is 29.3 Å². The van der Waals surface area contributed by atoms with Crippen molar-refractivity contribution in [3.05, 3.63) is 46.3 Å². The number of rotatable bonds is 4. The van der Waals surface area contributed by atoms with Crippen LogP contribution >= 0.6 is 23.1 Å². The van der Waals surface area contributed by atoms with Crippen LogP contribution in [0.5, 0.6) is 0 Å². The van der Waals surface area contributed by atoms with Crippen LogP contribution in [-0.2, 0) is 17.6 Å². The second-order valence-electron chi connectivity index (χ2n) is 6.43. The summed E-state index contributed by atoms with van der Waals surface area (Å²) < 4.78 is 13.7. The highest BCUT2D eigenvalue weighted by Crippen LogP contribution is 2.40. The number of benzene rings is 1. The van der Waals surface area contributed by atoms with Gasteiger partial charge in [0.05, 0.1) is 5.25 Å². The average molecular weight is 388 g/mol. The standard InChI is InChI=1S/C19H18FN3OS2/c1-10-6-7-12(8-14(10)20)23-17(24)11(2)25-18-16-13-4-3-5-15(13)26-19(16)22-9-21-18/h6-9,11H,3-5H2,1-2H3,(H,23,24)/t11-/m0/s1. The van der Waals surface area contributed by atoms with Gasteiger partial charge in [0.15, 0.2) is 0 Å². The zero-order valence-electron chi connectivity index (χ0n) is 14.5. The van der Waals surface area contributed by atoms with Crippen LogP contribution in [0, 0.1) is 12.7 Å². The maximum Gasteiger partial charge on any atom is 0.237 e. The molecule has 1 atom stereocenters. The van der Waals surface area contributed by atoms with Crippen molar-refractivity contribution < 1.29 is 9.18 Å². The molecule has 1 amide bonds. The monoisotopic (exact) mass is 387 g/mol. The molecular formula is C19H18FN3OS2. The van der Waals surface area contributed by atoms with E-state index in [1.165, 1.54) is 34.7 Å². The second-order valence-corrected chi connectivity index (χ2v) is 8.84. The molecule has 1 N–H and O–H groups in total. The molecule has 1 aliphatic rings. The number of carbonyl (C=O) groups is 1. The second kappa shape index (κ2) is 6.96. The number of nitrogens with one attached hydrogen (secondary N) is 1. The fraction of sp³-hybridized carbons (Fsp3) is 0.316. The molecule has 0 spiro atoms. The van der Waals surface area contributed by atoms with Gasteiger partial charge < -0.3 is 5.32 Å². The SMILES string of the molecule is Cc1ccc(NC(=O)[C@H](C)Sc2ncnc3sc4c(c23)CCC4)cc1F. The summed E-state index contributed by atoms with van der Waals surface area (Å²) in [5.41, 5.74) is 2.37. The van der Waals surface area contributed by atoms with E-state index in [1.807, 2.05) is 6.92 Å². The Morgan fingerprint density at radius 2 is 2.19 bits per heavy atom. The Balaban J connectivity index is 1.54. The Bertz CT molecular complexity index is 1000. The Hall–Kier alpha value is -1.99. The van der Waals surface area contributed by atoms with Crippen LogP contribution in [0.4, 0.5) is 10.1 Å². The van der Waals surface area contributed by atoms with Gasteiger partial charge in [0.2, 0.25) is 5.91 Å². The fourth-order valence-electron chi connectivity index (χ4n) is 3.12. The highest BCUT2D eigenvalue weighted by molar-refractivity contribution is 8.00. The van der Waals surface area contributed by atoms with E-state index in [9.17, 15) is 9.18 Å². The summed E-state index contributed by atoms with van der Waals surface area (Å²) in [7, 11) is 0. The Kier molecular flexibility index (Phi) is 4.67. The van der Waals surface area contributed by atoms with Gasteiger partial charge in [0.25, 0.3) is 0 Å². The third kappa shape index (κ3) is 3.21. The number of anilines is 1. The average Bonchev–Trinajstić information content (AvgIpc) is 3.19. The first-order valence-electron chi connectivity index (χ1n) is 8.52. The number of fused-ring (bicyclic) bond motifs is 3. The molecule has 0 saturated heterocycles. The molecule has 0 saturated carbocycles. The number of nitrogens with zero attached hydrogens (tertiary/aromatic N) is 2. The number of thioether (sulfide) groups is 1. The molecule has 0 bridgehead atoms. The lowest BCUT2D eigenvalue weighted by atomic mass is 10.2. The highest BCUT2D eigenvalue weighted by Gasteiger charge is 2.24. The molecular weight excluding hydrogens is 369 g/mol. The topological polar surface area (TPSA) is 54.9 Å². The van der Waals surface area contributed by atoms with Gasteiger partial charge in [-0.25, -0.2) is 14.4 Å². The van der Waals surface area contributed by atoms with E-state index >= 15 is 0 Å². The first-order valence-corrected chi connectivity index (χ1v) is 10.2. The highest BCUT2D eigenvalue weighted by atomic mass is 32.2. The largest absolute Gasteiger partial charge is 0.325 e. The van der Waals surface area contributed by atoms with Crippen LogP contribution in [0.2, 0.25) is 0 Å². The first-order chi connectivity index (χ1) is 12.5. The molecule has 1 aromatic carbocycles. The number of hydrogen-bond donors (Lipinski definition) is 1. The van der Waals surface area contributed by atoms with Crippen LogP contribution in [0.15, 0.2) is 29.6 Å². The zero-order chi connectivity index (χ0) is 18.3. The molecule has 4 rings (SSSR count). The smallest absolute Gasteiger partial charge is 0.237 e. The van der Waals surface area contributed by atoms with Crippen molar-refractivity contribution in [1.29, 1.82) is 0 Å². The van der Waals surface area contributed by atoms with Crippen LogP contribution in [0.3, 0.4) is 0 Å². The van der Waals surface area contributed by atoms with Gasteiger partial charge in [-0.3, -0.25) is 4.79 Å². The molecule has 2 heterocycles. The number of halogens is 1. The molecule has 26 heavy (non-hydrogen) atoms. The number of aromatic nitrogens is 2. The van der Waals surface area contributed by atoms with Crippen molar-refractivity contribution in [3.8, 4) is 0 Å². The molecule has 1 aliphatic carbocycles. The van der Waals surface area contributed by atoms with Gasteiger partial charge in [-0.05, 0) is 56.4 Å². The number of hydrogen-bond acceptors (Lipinski definition) is 5. The normalized spacial score (nSPS) is 14.4. The summed E-state index contributed by atoms with van der Waals surface area (Å²) in [6, 6.07) is 4.72. The molecule has 0 aliphatic heterocycles. The Morgan fingerprint density at radius 3 is 3.00 bits per heavy atom. The number of amides is 1. The summed E-state index contributed by atoms with van der Waals surface area (Å²) in [5, 5.41) is 4.39. The van der Waals surface area contributed by atoms with Crippen molar-refractivity contribution in [2.45, 2.75) is 43.4 Å². The number of aryl methyl sites for hydroxylation is 3. The lowest BCUT2D eigenvalue weighted by molar-refractivity contribution is -0.115. The van der Waals surface area contributed by atoms with Crippen molar-refractivity contribution in [2.75, 3.05) is 5.32 Å². The summed E-state index contributed by atoms with van der Waals surface area (Å²) in [6.07, 6.45) is 4.90. The minimum absolute atomic E-state index is 0.170. The third-order valence-corrected chi connectivity index (χ3v) is 6.86. The molecule has 4 nitrogen and oxygen atoms in total. The van der Waals surface area contributed by atoms with Crippen molar-refractivity contribution in [1.82, 2.24) is 9.97 Å². The van der Waals surface area contributed by atoms with Crippen LogP contribution in [-0.4, -0.2) is 21.1 Å². The predicted octanol–water partition coefficient (Wildman–Crippen LogP) is 4.75. The zero-order valence-corrected chi connectivity index (χ0v) is 16.1. The van der Waals surface area contributed by atoms with Gasteiger partial charge >= 0.3 is 0 Å². The maximum absolute atomic E-state index is 13.7. The Morgan fingerprint density at radius 1 is 1.35 bits per heavy atom. The molecule has 0 fully saturated rings. The molecule has 7 heteroatoms. The molecule has 3 aromatic rings.